The third kappa shape index (κ3) is 2.82. The minimum absolute atomic E-state index is 0.0923. The maximum absolute atomic E-state index is 12.4. The fourth-order valence-corrected chi connectivity index (χ4v) is 4.08. The van der Waals surface area contributed by atoms with Gasteiger partial charge >= 0.3 is 5.97 Å². The molecule has 0 aromatic rings. The Balaban J connectivity index is 1.55. The standard InChI is InChI=1S/C15H24N2O3/c18-14(11-2-1-3-12(8-11)15(19)20)16-13-9-17-6-4-10(13)5-7-17/h10-13H,1-9H2,(H,16,18)(H,19,20). The molecule has 2 N–H and O–H groups in total. The third-order valence-electron chi connectivity index (χ3n) is 5.38. The van der Waals surface area contributed by atoms with E-state index in [2.05, 4.69) is 10.2 Å². The van der Waals surface area contributed by atoms with Crippen LogP contribution in [0.3, 0.4) is 0 Å². The van der Waals surface area contributed by atoms with Gasteiger partial charge < -0.3 is 15.3 Å². The third-order valence-corrected chi connectivity index (χ3v) is 5.38. The summed E-state index contributed by atoms with van der Waals surface area (Å²) in [6.45, 7) is 3.31. The van der Waals surface area contributed by atoms with Crippen molar-refractivity contribution in [1.29, 1.82) is 0 Å². The molecule has 1 amide bonds. The molecule has 0 aromatic heterocycles. The topological polar surface area (TPSA) is 69.6 Å². The highest BCUT2D eigenvalue weighted by Crippen LogP contribution is 2.31. The van der Waals surface area contributed by atoms with Crippen LogP contribution in [0.1, 0.15) is 38.5 Å². The van der Waals surface area contributed by atoms with Crippen LogP contribution >= 0.6 is 0 Å². The molecule has 5 heteroatoms. The number of rotatable bonds is 3. The maximum atomic E-state index is 12.4. The van der Waals surface area contributed by atoms with E-state index in [1.165, 1.54) is 25.9 Å². The molecule has 20 heavy (non-hydrogen) atoms. The van der Waals surface area contributed by atoms with Crippen molar-refractivity contribution in [1.82, 2.24) is 10.2 Å². The second-order valence-corrected chi connectivity index (χ2v) is 6.65. The molecule has 4 aliphatic rings. The first-order valence-electron chi connectivity index (χ1n) is 7.89. The summed E-state index contributed by atoms with van der Waals surface area (Å²) in [5.41, 5.74) is 0. The molecule has 3 aliphatic heterocycles. The van der Waals surface area contributed by atoms with Gasteiger partial charge in [0, 0.05) is 18.5 Å². The van der Waals surface area contributed by atoms with Crippen molar-refractivity contribution < 1.29 is 14.7 Å². The Kier molecular flexibility index (Phi) is 3.96. The van der Waals surface area contributed by atoms with E-state index in [-0.39, 0.29) is 23.8 Å². The molecule has 0 spiro atoms. The van der Waals surface area contributed by atoms with Gasteiger partial charge in [0.2, 0.25) is 5.91 Å². The van der Waals surface area contributed by atoms with Crippen molar-refractivity contribution in [3.8, 4) is 0 Å². The second-order valence-electron chi connectivity index (χ2n) is 6.65. The van der Waals surface area contributed by atoms with Gasteiger partial charge in [-0.05, 0) is 51.1 Å². The number of nitrogens with one attached hydrogen (secondary N) is 1. The lowest BCUT2D eigenvalue weighted by molar-refractivity contribution is -0.144. The Morgan fingerprint density at radius 1 is 1.05 bits per heavy atom. The van der Waals surface area contributed by atoms with E-state index in [4.69, 9.17) is 5.11 Å². The Hall–Kier alpha value is -1.10. The van der Waals surface area contributed by atoms with Gasteiger partial charge in [-0.25, -0.2) is 0 Å². The summed E-state index contributed by atoms with van der Waals surface area (Å²) in [7, 11) is 0. The monoisotopic (exact) mass is 280 g/mol. The van der Waals surface area contributed by atoms with Gasteiger partial charge in [0.05, 0.1) is 5.92 Å². The van der Waals surface area contributed by atoms with Gasteiger partial charge in [0.1, 0.15) is 0 Å². The molecule has 1 saturated carbocycles. The summed E-state index contributed by atoms with van der Waals surface area (Å²) < 4.78 is 0. The van der Waals surface area contributed by atoms with Crippen molar-refractivity contribution >= 4 is 11.9 Å². The molecule has 5 nitrogen and oxygen atoms in total. The highest BCUT2D eigenvalue weighted by atomic mass is 16.4. The van der Waals surface area contributed by atoms with Crippen molar-refractivity contribution in [3.63, 3.8) is 0 Å². The Labute approximate surface area is 119 Å². The zero-order chi connectivity index (χ0) is 14.1. The van der Waals surface area contributed by atoms with E-state index in [0.717, 1.165) is 25.8 Å². The SMILES string of the molecule is O=C(O)C1CCCC(C(=O)NC2CN3CCC2CC3)C1. The first-order valence-corrected chi connectivity index (χ1v) is 7.89. The summed E-state index contributed by atoms with van der Waals surface area (Å²) in [5, 5.41) is 12.3. The van der Waals surface area contributed by atoms with Crippen LogP contribution in [-0.2, 0) is 9.59 Å². The molecule has 3 heterocycles. The van der Waals surface area contributed by atoms with Crippen LogP contribution in [0.5, 0.6) is 0 Å². The van der Waals surface area contributed by atoms with E-state index >= 15 is 0 Å². The number of amides is 1. The molecule has 2 bridgehead atoms. The van der Waals surface area contributed by atoms with Gasteiger partial charge in [-0.3, -0.25) is 9.59 Å². The van der Waals surface area contributed by atoms with Crippen molar-refractivity contribution in [2.75, 3.05) is 19.6 Å². The normalized spacial score (nSPS) is 40.3. The molecule has 3 unspecified atom stereocenters. The molecule has 1 aliphatic carbocycles. The Bertz CT molecular complexity index is 391. The molecular weight excluding hydrogens is 256 g/mol. The first kappa shape index (κ1) is 13.9. The van der Waals surface area contributed by atoms with E-state index < -0.39 is 5.97 Å². The second kappa shape index (κ2) is 5.72. The number of nitrogens with zero attached hydrogens (tertiary/aromatic N) is 1. The molecule has 0 aromatic carbocycles. The van der Waals surface area contributed by atoms with Crippen LogP contribution in [0.2, 0.25) is 0 Å². The first-order chi connectivity index (χ1) is 9.63. The van der Waals surface area contributed by atoms with Crippen LogP contribution in [0.4, 0.5) is 0 Å². The summed E-state index contributed by atoms with van der Waals surface area (Å²) in [6.07, 6.45) is 5.31. The average Bonchev–Trinajstić information content (AvgIpc) is 2.48. The molecule has 0 radical (unpaired) electrons. The predicted octanol–water partition coefficient (Wildman–Crippen LogP) is 1.09. The number of carbonyl (C=O) groups is 2. The molecule has 4 rings (SSSR count). The highest BCUT2D eigenvalue weighted by Gasteiger charge is 2.37. The number of piperidine rings is 3. The Morgan fingerprint density at radius 3 is 2.35 bits per heavy atom. The summed E-state index contributed by atoms with van der Waals surface area (Å²) in [4.78, 5) is 25.9. The number of hydrogen-bond acceptors (Lipinski definition) is 3. The quantitative estimate of drug-likeness (QED) is 0.812. The molecule has 4 fully saturated rings. The van der Waals surface area contributed by atoms with Gasteiger partial charge in [0.25, 0.3) is 0 Å². The van der Waals surface area contributed by atoms with Gasteiger partial charge in [-0.1, -0.05) is 6.42 Å². The molecule has 112 valence electrons. The zero-order valence-electron chi connectivity index (χ0n) is 11.9. The van der Waals surface area contributed by atoms with Crippen molar-refractivity contribution in [2.45, 2.75) is 44.6 Å². The average molecular weight is 280 g/mol. The summed E-state index contributed by atoms with van der Waals surface area (Å²) in [6, 6.07) is 0.287. The lowest BCUT2D eigenvalue weighted by Gasteiger charge is -2.45. The minimum atomic E-state index is -0.745. The zero-order valence-corrected chi connectivity index (χ0v) is 11.9. The maximum Gasteiger partial charge on any atom is 0.306 e. The van der Waals surface area contributed by atoms with E-state index in [1.807, 2.05) is 0 Å². The summed E-state index contributed by atoms with van der Waals surface area (Å²) in [5.74, 6) is -0.450. The number of fused-ring (bicyclic) bond motifs is 3. The lowest BCUT2D eigenvalue weighted by atomic mass is 9.80. The fourth-order valence-electron chi connectivity index (χ4n) is 4.08. The van der Waals surface area contributed by atoms with E-state index in [1.54, 1.807) is 0 Å². The van der Waals surface area contributed by atoms with Crippen LogP contribution in [0, 0.1) is 17.8 Å². The van der Waals surface area contributed by atoms with Crippen LogP contribution in [0.25, 0.3) is 0 Å². The van der Waals surface area contributed by atoms with E-state index in [9.17, 15) is 9.59 Å². The fraction of sp³-hybridized carbons (Fsp3) is 0.867. The van der Waals surface area contributed by atoms with E-state index in [0.29, 0.717) is 12.3 Å². The van der Waals surface area contributed by atoms with Crippen LogP contribution < -0.4 is 5.32 Å². The lowest BCUT2D eigenvalue weighted by Crippen LogP contribution is -2.58. The highest BCUT2D eigenvalue weighted by molar-refractivity contribution is 5.80. The summed E-state index contributed by atoms with van der Waals surface area (Å²) >= 11 is 0. The number of carboxylic acids is 1. The van der Waals surface area contributed by atoms with Gasteiger partial charge in [-0.2, -0.15) is 0 Å². The minimum Gasteiger partial charge on any atom is -0.481 e. The Morgan fingerprint density at radius 2 is 1.75 bits per heavy atom. The van der Waals surface area contributed by atoms with Crippen molar-refractivity contribution in [2.24, 2.45) is 17.8 Å². The molecular formula is C15H24N2O3. The van der Waals surface area contributed by atoms with Crippen LogP contribution in [-0.4, -0.2) is 47.6 Å². The number of carboxylic acid groups (broad SMARTS) is 1. The van der Waals surface area contributed by atoms with Gasteiger partial charge in [0.15, 0.2) is 0 Å². The number of carbonyl (C=O) groups excluding carboxylic acids is 1. The van der Waals surface area contributed by atoms with Crippen LogP contribution in [0.15, 0.2) is 0 Å². The predicted molar refractivity (Wildman–Crippen MR) is 74.2 cm³/mol. The number of aliphatic carboxylic acids is 1. The smallest absolute Gasteiger partial charge is 0.306 e. The molecule has 3 saturated heterocycles. The molecule has 3 atom stereocenters. The number of hydrogen-bond donors (Lipinski definition) is 2. The largest absolute Gasteiger partial charge is 0.481 e. The van der Waals surface area contributed by atoms with Crippen molar-refractivity contribution in [3.05, 3.63) is 0 Å². The van der Waals surface area contributed by atoms with Gasteiger partial charge in [-0.15, -0.1) is 0 Å².